The molecular weight excluding hydrogens is 166 g/mol. The number of hydrogen-bond acceptors (Lipinski definition) is 2. The van der Waals surface area contributed by atoms with E-state index in [1.807, 2.05) is 0 Å². The van der Waals surface area contributed by atoms with E-state index in [1.165, 1.54) is 12.6 Å². The number of hydrogen-bond donors (Lipinski definition) is 2. The maximum absolute atomic E-state index is 10.1. The van der Waals surface area contributed by atoms with Crippen LogP contribution in [0.15, 0.2) is 24.4 Å². The SMILES string of the molecule is O=C(O)/C=C/NCC1CC=CCC1. The summed E-state index contributed by atoms with van der Waals surface area (Å²) < 4.78 is 0. The number of carbonyl (C=O) groups is 1. The van der Waals surface area contributed by atoms with E-state index < -0.39 is 5.97 Å². The number of nitrogens with one attached hydrogen (secondary N) is 1. The summed E-state index contributed by atoms with van der Waals surface area (Å²) in [5.74, 6) is -0.250. The van der Waals surface area contributed by atoms with E-state index in [2.05, 4.69) is 17.5 Å². The van der Waals surface area contributed by atoms with Gasteiger partial charge in [0.15, 0.2) is 0 Å². The summed E-state index contributed by atoms with van der Waals surface area (Å²) in [5.41, 5.74) is 0. The van der Waals surface area contributed by atoms with E-state index in [0.717, 1.165) is 25.5 Å². The molecule has 3 nitrogen and oxygen atoms in total. The van der Waals surface area contributed by atoms with Gasteiger partial charge in [-0.3, -0.25) is 0 Å². The van der Waals surface area contributed by atoms with Crippen molar-refractivity contribution < 1.29 is 9.90 Å². The molecule has 0 spiro atoms. The molecule has 1 aliphatic carbocycles. The Balaban J connectivity index is 2.12. The average Bonchev–Trinajstić information content (AvgIpc) is 2.14. The molecule has 2 N–H and O–H groups in total. The Morgan fingerprint density at radius 2 is 2.46 bits per heavy atom. The van der Waals surface area contributed by atoms with Crippen molar-refractivity contribution in [2.45, 2.75) is 19.3 Å². The second kappa shape index (κ2) is 5.41. The first kappa shape index (κ1) is 9.84. The Hall–Kier alpha value is -1.25. The van der Waals surface area contributed by atoms with Crippen molar-refractivity contribution in [3.63, 3.8) is 0 Å². The van der Waals surface area contributed by atoms with Crippen molar-refractivity contribution in [3.8, 4) is 0 Å². The van der Waals surface area contributed by atoms with E-state index in [0.29, 0.717) is 5.92 Å². The predicted octanol–water partition coefficient (Wildman–Crippen LogP) is 1.53. The minimum atomic E-state index is -0.906. The largest absolute Gasteiger partial charge is 0.478 e. The summed E-state index contributed by atoms with van der Waals surface area (Å²) in [7, 11) is 0. The summed E-state index contributed by atoms with van der Waals surface area (Å²) in [6.07, 6.45) is 10.5. The van der Waals surface area contributed by atoms with Crippen LogP contribution >= 0.6 is 0 Å². The van der Waals surface area contributed by atoms with Gasteiger partial charge in [-0.15, -0.1) is 0 Å². The van der Waals surface area contributed by atoms with Gasteiger partial charge in [-0.25, -0.2) is 4.79 Å². The van der Waals surface area contributed by atoms with Gasteiger partial charge in [0.2, 0.25) is 0 Å². The highest BCUT2D eigenvalue weighted by atomic mass is 16.4. The van der Waals surface area contributed by atoms with Crippen molar-refractivity contribution in [2.24, 2.45) is 5.92 Å². The molecule has 0 aromatic heterocycles. The lowest BCUT2D eigenvalue weighted by Gasteiger charge is -2.16. The van der Waals surface area contributed by atoms with Gasteiger partial charge in [0.1, 0.15) is 0 Å². The molecule has 0 aromatic carbocycles. The molecular formula is C10H15NO2. The fourth-order valence-corrected chi connectivity index (χ4v) is 1.41. The van der Waals surface area contributed by atoms with Crippen molar-refractivity contribution in [1.29, 1.82) is 0 Å². The molecule has 72 valence electrons. The second-order valence-corrected chi connectivity index (χ2v) is 3.23. The van der Waals surface area contributed by atoms with Crippen molar-refractivity contribution in [3.05, 3.63) is 24.4 Å². The molecule has 0 bridgehead atoms. The number of allylic oxidation sites excluding steroid dienone is 2. The van der Waals surface area contributed by atoms with Crippen LogP contribution in [0.2, 0.25) is 0 Å². The van der Waals surface area contributed by atoms with E-state index in [4.69, 9.17) is 5.11 Å². The summed E-state index contributed by atoms with van der Waals surface area (Å²) in [6.45, 7) is 0.869. The van der Waals surface area contributed by atoms with Gasteiger partial charge in [0, 0.05) is 18.8 Å². The zero-order chi connectivity index (χ0) is 9.52. The third-order valence-electron chi connectivity index (χ3n) is 2.13. The Kier molecular flexibility index (Phi) is 4.09. The van der Waals surface area contributed by atoms with Crippen molar-refractivity contribution in [1.82, 2.24) is 5.32 Å². The van der Waals surface area contributed by atoms with Crippen LogP contribution in [0.25, 0.3) is 0 Å². The van der Waals surface area contributed by atoms with Gasteiger partial charge in [0.25, 0.3) is 0 Å². The smallest absolute Gasteiger partial charge is 0.329 e. The first-order valence-electron chi connectivity index (χ1n) is 4.57. The molecule has 1 rings (SSSR count). The highest BCUT2D eigenvalue weighted by Crippen LogP contribution is 2.16. The molecule has 1 unspecified atom stereocenters. The maximum Gasteiger partial charge on any atom is 0.329 e. The highest BCUT2D eigenvalue weighted by Gasteiger charge is 2.07. The lowest BCUT2D eigenvalue weighted by atomic mass is 9.94. The zero-order valence-electron chi connectivity index (χ0n) is 7.57. The van der Waals surface area contributed by atoms with E-state index in [9.17, 15) is 4.79 Å². The fraction of sp³-hybridized carbons (Fsp3) is 0.500. The number of aliphatic carboxylic acids is 1. The molecule has 0 amide bonds. The lowest BCUT2D eigenvalue weighted by molar-refractivity contribution is -0.131. The quantitative estimate of drug-likeness (QED) is 0.511. The van der Waals surface area contributed by atoms with Gasteiger partial charge in [0.05, 0.1) is 0 Å². The average molecular weight is 181 g/mol. The monoisotopic (exact) mass is 181 g/mol. The molecule has 1 aliphatic rings. The van der Waals surface area contributed by atoms with E-state index in [-0.39, 0.29) is 0 Å². The molecule has 0 saturated carbocycles. The molecule has 3 heteroatoms. The molecule has 13 heavy (non-hydrogen) atoms. The second-order valence-electron chi connectivity index (χ2n) is 3.23. The molecule has 0 aromatic rings. The predicted molar refractivity (Wildman–Crippen MR) is 51.3 cm³/mol. The third-order valence-corrected chi connectivity index (χ3v) is 2.13. The maximum atomic E-state index is 10.1. The zero-order valence-corrected chi connectivity index (χ0v) is 7.57. The van der Waals surface area contributed by atoms with Crippen LogP contribution in [0, 0.1) is 5.92 Å². The molecule has 0 radical (unpaired) electrons. The highest BCUT2D eigenvalue weighted by molar-refractivity contribution is 5.79. The standard InChI is InChI=1S/C10H15NO2/c12-10(13)6-7-11-8-9-4-2-1-3-5-9/h1-2,6-7,9,11H,3-5,8H2,(H,12,13)/b7-6+. The van der Waals surface area contributed by atoms with E-state index in [1.54, 1.807) is 0 Å². The molecule has 0 heterocycles. The third kappa shape index (κ3) is 4.35. The fourth-order valence-electron chi connectivity index (χ4n) is 1.41. The number of rotatable bonds is 4. The van der Waals surface area contributed by atoms with Gasteiger partial charge in [-0.1, -0.05) is 12.2 Å². The van der Waals surface area contributed by atoms with Crippen LogP contribution in [0.5, 0.6) is 0 Å². The molecule has 0 saturated heterocycles. The topological polar surface area (TPSA) is 49.3 Å². The number of carboxylic acid groups (broad SMARTS) is 1. The lowest BCUT2D eigenvalue weighted by Crippen LogP contribution is -2.19. The van der Waals surface area contributed by atoms with Crippen LogP contribution in [0.3, 0.4) is 0 Å². The number of carboxylic acids is 1. The van der Waals surface area contributed by atoms with Crippen LogP contribution in [0.1, 0.15) is 19.3 Å². The Morgan fingerprint density at radius 3 is 3.08 bits per heavy atom. The molecule has 0 fully saturated rings. The minimum absolute atomic E-state index is 0.656. The van der Waals surface area contributed by atoms with E-state index >= 15 is 0 Å². The van der Waals surface area contributed by atoms with Crippen LogP contribution in [-0.4, -0.2) is 17.6 Å². The van der Waals surface area contributed by atoms with Crippen molar-refractivity contribution >= 4 is 5.97 Å². The Labute approximate surface area is 78.1 Å². The van der Waals surface area contributed by atoms with Crippen LogP contribution in [-0.2, 0) is 4.79 Å². The molecule has 1 atom stereocenters. The van der Waals surface area contributed by atoms with Gasteiger partial charge in [-0.2, -0.15) is 0 Å². The summed E-state index contributed by atoms with van der Waals surface area (Å²) >= 11 is 0. The van der Waals surface area contributed by atoms with Crippen LogP contribution in [0.4, 0.5) is 0 Å². The first-order chi connectivity index (χ1) is 6.29. The van der Waals surface area contributed by atoms with Crippen LogP contribution < -0.4 is 5.32 Å². The Bertz CT molecular complexity index is 221. The normalized spacial score (nSPS) is 22.0. The summed E-state index contributed by atoms with van der Waals surface area (Å²) in [5, 5.41) is 11.3. The summed E-state index contributed by atoms with van der Waals surface area (Å²) in [4.78, 5) is 10.1. The molecule has 0 aliphatic heterocycles. The van der Waals surface area contributed by atoms with Gasteiger partial charge < -0.3 is 10.4 Å². The van der Waals surface area contributed by atoms with Gasteiger partial charge >= 0.3 is 5.97 Å². The summed E-state index contributed by atoms with van der Waals surface area (Å²) in [6, 6.07) is 0. The first-order valence-corrected chi connectivity index (χ1v) is 4.57. The minimum Gasteiger partial charge on any atom is -0.478 e. The van der Waals surface area contributed by atoms with Crippen molar-refractivity contribution in [2.75, 3.05) is 6.54 Å². The Morgan fingerprint density at radius 1 is 1.62 bits per heavy atom. The van der Waals surface area contributed by atoms with Gasteiger partial charge in [-0.05, 0) is 25.2 Å².